The lowest BCUT2D eigenvalue weighted by molar-refractivity contribution is -0.0681. The molecule has 1 aromatic heterocycles. The Morgan fingerprint density at radius 1 is 1.35 bits per heavy atom. The molecule has 2 rings (SSSR count). The van der Waals surface area contributed by atoms with Crippen molar-refractivity contribution < 1.29 is 4.74 Å². The summed E-state index contributed by atoms with van der Waals surface area (Å²) in [5, 5.41) is 10.5. The summed E-state index contributed by atoms with van der Waals surface area (Å²) in [6.07, 6.45) is 5.12. The van der Waals surface area contributed by atoms with Gasteiger partial charge in [-0.3, -0.25) is 10.00 Å². The number of nitrogens with one attached hydrogen (secondary N) is 2. The van der Waals surface area contributed by atoms with Gasteiger partial charge in [0.1, 0.15) is 0 Å². The molecule has 114 valence electrons. The van der Waals surface area contributed by atoms with Gasteiger partial charge >= 0.3 is 0 Å². The zero-order valence-corrected chi connectivity index (χ0v) is 13.0. The fourth-order valence-electron chi connectivity index (χ4n) is 2.83. The van der Waals surface area contributed by atoms with Crippen molar-refractivity contribution in [3.8, 4) is 0 Å². The van der Waals surface area contributed by atoms with E-state index in [0.717, 1.165) is 31.9 Å². The summed E-state index contributed by atoms with van der Waals surface area (Å²) in [5.41, 5.74) is 2.43. The number of H-pyrrole nitrogens is 1. The second-order valence-corrected chi connectivity index (χ2v) is 5.92. The number of aromatic nitrogens is 2. The highest BCUT2D eigenvalue weighted by atomic mass is 16.5. The Morgan fingerprint density at radius 2 is 2.10 bits per heavy atom. The highest BCUT2D eigenvalue weighted by Crippen LogP contribution is 2.11. The van der Waals surface area contributed by atoms with Crippen molar-refractivity contribution in [3.05, 3.63) is 17.5 Å². The van der Waals surface area contributed by atoms with Crippen LogP contribution in [0, 0.1) is 6.92 Å². The molecule has 0 bridgehead atoms. The van der Waals surface area contributed by atoms with Crippen molar-refractivity contribution in [2.75, 3.05) is 26.2 Å². The van der Waals surface area contributed by atoms with E-state index in [0.29, 0.717) is 12.2 Å². The third-order valence-corrected chi connectivity index (χ3v) is 3.82. The topological polar surface area (TPSA) is 53.2 Å². The standard InChI is InChI=1S/C15H28N4O/c1-12-10-19(11-13(2)20-12)7-5-4-6-16-8-15-9-17-18-14(15)3/h9,12-13,16H,4-8,10-11H2,1-3H3,(H,17,18). The van der Waals surface area contributed by atoms with Crippen molar-refractivity contribution in [2.24, 2.45) is 0 Å². The number of nitrogens with zero attached hydrogens (tertiary/aromatic N) is 2. The molecule has 20 heavy (non-hydrogen) atoms. The third-order valence-electron chi connectivity index (χ3n) is 3.82. The zero-order valence-electron chi connectivity index (χ0n) is 13.0. The van der Waals surface area contributed by atoms with Crippen LogP contribution in [0.3, 0.4) is 0 Å². The number of morpholine rings is 1. The van der Waals surface area contributed by atoms with E-state index in [1.807, 2.05) is 6.20 Å². The number of ether oxygens (including phenoxy) is 1. The first-order chi connectivity index (χ1) is 9.65. The first-order valence-corrected chi connectivity index (χ1v) is 7.72. The summed E-state index contributed by atoms with van der Waals surface area (Å²) < 4.78 is 5.75. The van der Waals surface area contributed by atoms with Gasteiger partial charge in [-0.2, -0.15) is 5.10 Å². The molecule has 0 radical (unpaired) electrons. The Kier molecular flexibility index (Phi) is 6.01. The Labute approximate surface area is 122 Å². The van der Waals surface area contributed by atoms with Gasteiger partial charge < -0.3 is 10.1 Å². The number of aromatic amines is 1. The number of hydrogen-bond acceptors (Lipinski definition) is 4. The van der Waals surface area contributed by atoms with Crippen LogP contribution in [-0.2, 0) is 11.3 Å². The van der Waals surface area contributed by atoms with E-state index in [1.165, 1.54) is 24.9 Å². The van der Waals surface area contributed by atoms with Gasteiger partial charge in [-0.05, 0) is 46.7 Å². The molecule has 1 aromatic rings. The number of rotatable bonds is 7. The molecule has 5 heteroatoms. The van der Waals surface area contributed by atoms with Crippen LogP contribution in [0.4, 0.5) is 0 Å². The molecule has 1 fully saturated rings. The minimum absolute atomic E-state index is 0.376. The van der Waals surface area contributed by atoms with Crippen LogP contribution in [0.5, 0.6) is 0 Å². The summed E-state index contributed by atoms with van der Waals surface area (Å²) in [4.78, 5) is 2.53. The van der Waals surface area contributed by atoms with E-state index in [1.54, 1.807) is 0 Å². The molecule has 5 nitrogen and oxygen atoms in total. The van der Waals surface area contributed by atoms with Gasteiger partial charge in [0.05, 0.1) is 18.4 Å². The van der Waals surface area contributed by atoms with E-state index in [-0.39, 0.29) is 0 Å². The van der Waals surface area contributed by atoms with Gasteiger partial charge in [-0.25, -0.2) is 0 Å². The lowest BCUT2D eigenvalue weighted by Crippen LogP contribution is -2.45. The zero-order chi connectivity index (χ0) is 14.4. The molecule has 0 spiro atoms. The lowest BCUT2D eigenvalue weighted by Gasteiger charge is -2.35. The maximum absolute atomic E-state index is 5.75. The Morgan fingerprint density at radius 3 is 2.75 bits per heavy atom. The molecule has 1 aliphatic rings. The Balaban J connectivity index is 1.52. The summed E-state index contributed by atoms with van der Waals surface area (Å²) in [6.45, 7) is 11.7. The van der Waals surface area contributed by atoms with Crippen LogP contribution >= 0.6 is 0 Å². The van der Waals surface area contributed by atoms with Crippen molar-refractivity contribution in [2.45, 2.75) is 52.4 Å². The minimum Gasteiger partial charge on any atom is -0.373 e. The summed E-state index contributed by atoms with van der Waals surface area (Å²) >= 11 is 0. The molecule has 0 saturated carbocycles. The van der Waals surface area contributed by atoms with Crippen LogP contribution in [0.2, 0.25) is 0 Å². The van der Waals surface area contributed by atoms with Gasteiger partial charge in [0.15, 0.2) is 0 Å². The molecule has 2 atom stereocenters. The molecule has 1 saturated heterocycles. The second-order valence-electron chi connectivity index (χ2n) is 5.92. The van der Waals surface area contributed by atoms with E-state index in [4.69, 9.17) is 4.74 Å². The van der Waals surface area contributed by atoms with E-state index < -0.39 is 0 Å². The largest absolute Gasteiger partial charge is 0.373 e. The number of unbranched alkanes of at least 4 members (excludes halogenated alkanes) is 1. The van der Waals surface area contributed by atoms with Crippen LogP contribution in [0.25, 0.3) is 0 Å². The smallest absolute Gasteiger partial charge is 0.0678 e. The maximum Gasteiger partial charge on any atom is 0.0678 e. The van der Waals surface area contributed by atoms with Gasteiger partial charge in [0.25, 0.3) is 0 Å². The van der Waals surface area contributed by atoms with E-state index in [9.17, 15) is 0 Å². The predicted octanol–water partition coefficient (Wildman–Crippen LogP) is 1.70. The Hall–Kier alpha value is -0.910. The molecule has 2 N–H and O–H groups in total. The van der Waals surface area contributed by atoms with E-state index >= 15 is 0 Å². The summed E-state index contributed by atoms with van der Waals surface area (Å²) in [7, 11) is 0. The molecule has 1 aliphatic heterocycles. The van der Waals surface area contributed by atoms with Crippen molar-refractivity contribution in [3.63, 3.8) is 0 Å². The fourth-order valence-corrected chi connectivity index (χ4v) is 2.83. The SMILES string of the molecule is Cc1[nH]ncc1CNCCCCN1CC(C)OC(C)C1. The molecule has 2 heterocycles. The average molecular weight is 280 g/mol. The molecule has 0 aromatic carbocycles. The number of hydrogen-bond donors (Lipinski definition) is 2. The van der Waals surface area contributed by atoms with Crippen molar-refractivity contribution >= 4 is 0 Å². The Bertz CT molecular complexity index is 383. The quantitative estimate of drug-likeness (QED) is 0.746. The molecular weight excluding hydrogens is 252 g/mol. The molecular formula is C15H28N4O. The maximum atomic E-state index is 5.75. The van der Waals surface area contributed by atoms with Gasteiger partial charge in [-0.1, -0.05) is 0 Å². The second kappa shape index (κ2) is 7.76. The summed E-state index contributed by atoms with van der Waals surface area (Å²) in [5.74, 6) is 0. The van der Waals surface area contributed by atoms with E-state index in [2.05, 4.69) is 41.2 Å². The minimum atomic E-state index is 0.376. The van der Waals surface area contributed by atoms with Crippen LogP contribution in [0.1, 0.15) is 37.9 Å². The molecule has 0 amide bonds. The first kappa shape index (κ1) is 15.5. The first-order valence-electron chi connectivity index (χ1n) is 7.72. The lowest BCUT2D eigenvalue weighted by atomic mass is 10.2. The van der Waals surface area contributed by atoms with Crippen molar-refractivity contribution in [1.29, 1.82) is 0 Å². The number of aryl methyl sites for hydroxylation is 1. The fraction of sp³-hybridized carbons (Fsp3) is 0.800. The van der Waals surface area contributed by atoms with Gasteiger partial charge in [0, 0.05) is 30.9 Å². The third kappa shape index (κ3) is 4.89. The van der Waals surface area contributed by atoms with Crippen LogP contribution < -0.4 is 5.32 Å². The highest BCUT2D eigenvalue weighted by molar-refractivity contribution is 5.13. The predicted molar refractivity (Wildman–Crippen MR) is 80.7 cm³/mol. The molecule has 0 aliphatic carbocycles. The van der Waals surface area contributed by atoms with Crippen LogP contribution in [-0.4, -0.2) is 53.5 Å². The molecule has 2 unspecified atom stereocenters. The normalized spacial score (nSPS) is 24.1. The van der Waals surface area contributed by atoms with Gasteiger partial charge in [-0.15, -0.1) is 0 Å². The van der Waals surface area contributed by atoms with Crippen LogP contribution in [0.15, 0.2) is 6.20 Å². The average Bonchev–Trinajstić information content (AvgIpc) is 2.78. The summed E-state index contributed by atoms with van der Waals surface area (Å²) in [6, 6.07) is 0. The van der Waals surface area contributed by atoms with Gasteiger partial charge in [0.2, 0.25) is 0 Å². The highest BCUT2D eigenvalue weighted by Gasteiger charge is 2.21. The van der Waals surface area contributed by atoms with Crippen molar-refractivity contribution in [1.82, 2.24) is 20.4 Å². The monoisotopic (exact) mass is 280 g/mol.